The molecule has 0 unspecified atom stereocenters. The number of rotatable bonds is 5. The van der Waals surface area contributed by atoms with Gasteiger partial charge in [-0.3, -0.25) is 9.36 Å². The van der Waals surface area contributed by atoms with E-state index in [4.69, 9.17) is 11.6 Å². The number of benzene rings is 2. The molecule has 1 aliphatic heterocycles. The number of nitrogens with one attached hydrogen (secondary N) is 1. The molecule has 31 heavy (non-hydrogen) atoms. The molecule has 3 aromatic rings. The molecule has 1 N–H and O–H groups in total. The van der Waals surface area contributed by atoms with Crippen LogP contribution < -0.4 is 5.69 Å². The van der Waals surface area contributed by atoms with Crippen molar-refractivity contribution < 1.29 is 9.18 Å². The molecule has 2 fully saturated rings. The Labute approximate surface area is 183 Å². The van der Waals surface area contributed by atoms with Gasteiger partial charge in [0.15, 0.2) is 5.82 Å². The van der Waals surface area contributed by atoms with Crippen molar-refractivity contribution in [3.8, 4) is 22.5 Å². The molecule has 1 saturated carbocycles. The van der Waals surface area contributed by atoms with Crippen molar-refractivity contribution >= 4 is 17.5 Å². The molecule has 2 aromatic carbocycles. The summed E-state index contributed by atoms with van der Waals surface area (Å²) < 4.78 is 15.9. The Hall–Kier alpha value is -2.93. The van der Waals surface area contributed by atoms with Crippen LogP contribution in [-0.2, 0) is 11.3 Å². The Morgan fingerprint density at radius 3 is 2.58 bits per heavy atom. The van der Waals surface area contributed by atoms with E-state index in [2.05, 4.69) is 10.2 Å². The van der Waals surface area contributed by atoms with Gasteiger partial charge in [-0.25, -0.2) is 14.3 Å². The van der Waals surface area contributed by atoms with Crippen LogP contribution in [0.1, 0.15) is 19.3 Å². The van der Waals surface area contributed by atoms with E-state index in [-0.39, 0.29) is 29.2 Å². The predicted octanol–water partition coefficient (Wildman–Crippen LogP) is 3.96. The second-order valence-electron chi connectivity index (χ2n) is 8.38. The molecule has 1 saturated heterocycles. The lowest BCUT2D eigenvalue weighted by Gasteiger charge is -2.16. The maximum atomic E-state index is 14.2. The highest BCUT2D eigenvalue weighted by molar-refractivity contribution is 6.30. The minimum Gasteiger partial charge on any atom is -0.342 e. The number of amides is 1. The Bertz CT molecular complexity index is 1180. The number of carbonyl (C=O) groups excluding carboxylic acids is 1. The van der Waals surface area contributed by atoms with Crippen molar-refractivity contribution in [3.05, 3.63) is 63.8 Å². The van der Waals surface area contributed by atoms with Gasteiger partial charge in [0, 0.05) is 41.7 Å². The normalized spacial score (nSPS) is 18.5. The molecule has 0 bridgehead atoms. The van der Waals surface area contributed by atoms with E-state index in [1.54, 1.807) is 28.8 Å². The molecular formula is C23H22ClFN4O2. The molecule has 1 aromatic heterocycles. The molecule has 0 spiro atoms. The Kier molecular flexibility index (Phi) is 5.14. The molecule has 2 heterocycles. The molecule has 0 radical (unpaired) electrons. The van der Waals surface area contributed by atoms with E-state index in [0.717, 1.165) is 31.4 Å². The Balaban J connectivity index is 1.35. The van der Waals surface area contributed by atoms with E-state index < -0.39 is 0 Å². The minimum atomic E-state index is -0.386. The lowest BCUT2D eigenvalue weighted by Crippen LogP contribution is -2.31. The predicted molar refractivity (Wildman–Crippen MR) is 116 cm³/mol. The van der Waals surface area contributed by atoms with E-state index in [1.165, 1.54) is 6.07 Å². The van der Waals surface area contributed by atoms with Crippen molar-refractivity contribution in [2.45, 2.75) is 25.8 Å². The fourth-order valence-corrected chi connectivity index (χ4v) is 4.42. The standard InChI is InChI=1S/C23H22ClFN4O2/c24-18-7-8-19(20(25)11-18)15-1-3-16(4-2-15)21-26-27-23(31)29(21)13-14-9-10-28(12-14)22(30)17-5-6-17/h1-4,7-8,11,14,17H,5-6,9-10,12-13H2,(H,27,31)/t14-/m1/s1. The third kappa shape index (κ3) is 4.02. The second kappa shape index (κ2) is 7.96. The van der Waals surface area contributed by atoms with Crippen molar-refractivity contribution in [1.29, 1.82) is 0 Å². The largest absolute Gasteiger partial charge is 0.343 e. The topological polar surface area (TPSA) is 71.0 Å². The van der Waals surface area contributed by atoms with E-state index in [1.807, 2.05) is 17.0 Å². The maximum absolute atomic E-state index is 14.2. The number of aromatic amines is 1. The fraction of sp³-hybridized carbons (Fsp3) is 0.348. The van der Waals surface area contributed by atoms with Gasteiger partial charge in [-0.1, -0.05) is 35.9 Å². The number of H-pyrrole nitrogens is 1. The zero-order valence-electron chi connectivity index (χ0n) is 16.9. The Morgan fingerprint density at radius 2 is 1.87 bits per heavy atom. The summed E-state index contributed by atoms with van der Waals surface area (Å²) in [6.45, 7) is 1.94. The average molecular weight is 441 g/mol. The summed E-state index contributed by atoms with van der Waals surface area (Å²) in [6.07, 6.45) is 2.88. The first kappa shape index (κ1) is 20.0. The van der Waals surface area contributed by atoms with Gasteiger partial charge < -0.3 is 4.90 Å². The number of aromatic nitrogens is 3. The van der Waals surface area contributed by atoms with Crippen molar-refractivity contribution in [1.82, 2.24) is 19.7 Å². The van der Waals surface area contributed by atoms with Crippen LogP contribution in [0.4, 0.5) is 4.39 Å². The average Bonchev–Trinajstić information content (AvgIpc) is 3.41. The van der Waals surface area contributed by atoms with Crippen LogP contribution in [-0.4, -0.2) is 38.7 Å². The third-order valence-electron chi connectivity index (χ3n) is 6.11. The first-order chi connectivity index (χ1) is 15.0. The van der Waals surface area contributed by atoms with Crippen LogP contribution in [0.2, 0.25) is 5.02 Å². The highest BCUT2D eigenvalue weighted by Gasteiger charge is 2.36. The molecule has 6 nitrogen and oxygen atoms in total. The SMILES string of the molecule is O=C(C1CC1)N1CC[C@@H](Cn2c(-c3ccc(-c4ccc(Cl)cc4F)cc3)n[nH]c2=O)C1. The van der Waals surface area contributed by atoms with E-state index >= 15 is 0 Å². The van der Waals surface area contributed by atoms with E-state index in [9.17, 15) is 14.0 Å². The van der Waals surface area contributed by atoms with Crippen molar-refractivity contribution in [2.24, 2.45) is 11.8 Å². The lowest BCUT2D eigenvalue weighted by molar-refractivity contribution is -0.131. The maximum Gasteiger partial charge on any atom is 0.343 e. The lowest BCUT2D eigenvalue weighted by atomic mass is 10.0. The van der Waals surface area contributed by atoms with Gasteiger partial charge in [-0.15, -0.1) is 0 Å². The molecule has 1 aliphatic carbocycles. The highest BCUT2D eigenvalue weighted by atomic mass is 35.5. The smallest absolute Gasteiger partial charge is 0.342 e. The van der Waals surface area contributed by atoms with Crippen LogP contribution in [0.15, 0.2) is 47.3 Å². The number of likely N-dealkylation sites (tertiary alicyclic amines) is 1. The van der Waals surface area contributed by atoms with Gasteiger partial charge in [0.2, 0.25) is 5.91 Å². The summed E-state index contributed by atoms with van der Waals surface area (Å²) in [7, 11) is 0. The van der Waals surface area contributed by atoms with Crippen LogP contribution in [0, 0.1) is 17.7 Å². The third-order valence-corrected chi connectivity index (χ3v) is 6.34. The quantitative estimate of drug-likeness (QED) is 0.652. The number of hydrogen-bond donors (Lipinski definition) is 1. The van der Waals surface area contributed by atoms with Crippen molar-refractivity contribution in [2.75, 3.05) is 13.1 Å². The molecule has 1 atom stereocenters. The zero-order valence-corrected chi connectivity index (χ0v) is 17.6. The van der Waals surface area contributed by atoms with Gasteiger partial charge in [-0.05, 0) is 48.9 Å². The summed E-state index contributed by atoms with van der Waals surface area (Å²) >= 11 is 5.84. The number of nitrogens with zero attached hydrogens (tertiary/aromatic N) is 3. The van der Waals surface area contributed by atoms with Crippen LogP contribution in [0.25, 0.3) is 22.5 Å². The molecule has 2 aliphatic rings. The van der Waals surface area contributed by atoms with Crippen LogP contribution >= 0.6 is 11.6 Å². The second-order valence-corrected chi connectivity index (χ2v) is 8.81. The first-order valence-corrected chi connectivity index (χ1v) is 10.9. The first-order valence-electron chi connectivity index (χ1n) is 10.5. The Morgan fingerprint density at radius 1 is 1.13 bits per heavy atom. The fourth-order valence-electron chi connectivity index (χ4n) is 4.26. The van der Waals surface area contributed by atoms with Gasteiger partial charge in [0.25, 0.3) is 0 Å². The van der Waals surface area contributed by atoms with Crippen LogP contribution in [0.5, 0.6) is 0 Å². The monoisotopic (exact) mass is 440 g/mol. The van der Waals surface area contributed by atoms with Crippen molar-refractivity contribution in [3.63, 3.8) is 0 Å². The number of halogens is 2. The summed E-state index contributed by atoms with van der Waals surface area (Å²) in [5.74, 6) is 0.852. The minimum absolute atomic E-state index is 0.218. The van der Waals surface area contributed by atoms with Gasteiger partial charge in [0.1, 0.15) is 5.82 Å². The highest BCUT2D eigenvalue weighted by Crippen LogP contribution is 2.33. The van der Waals surface area contributed by atoms with Gasteiger partial charge in [-0.2, -0.15) is 5.10 Å². The molecule has 8 heteroatoms. The summed E-state index contributed by atoms with van der Waals surface area (Å²) in [5, 5.41) is 7.09. The zero-order chi connectivity index (χ0) is 21.5. The van der Waals surface area contributed by atoms with Crippen LogP contribution in [0.3, 0.4) is 0 Å². The summed E-state index contributed by atoms with van der Waals surface area (Å²) in [6, 6.07) is 11.8. The molecular weight excluding hydrogens is 419 g/mol. The van der Waals surface area contributed by atoms with Gasteiger partial charge >= 0.3 is 5.69 Å². The number of hydrogen-bond acceptors (Lipinski definition) is 3. The molecule has 1 amide bonds. The number of carbonyl (C=O) groups is 1. The van der Waals surface area contributed by atoms with Gasteiger partial charge in [0.05, 0.1) is 0 Å². The summed E-state index contributed by atoms with van der Waals surface area (Å²) in [4.78, 5) is 26.6. The van der Waals surface area contributed by atoms with E-state index in [0.29, 0.717) is 35.1 Å². The summed E-state index contributed by atoms with van der Waals surface area (Å²) in [5.41, 5.74) is 1.67. The molecule has 5 rings (SSSR count). The molecule has 160 valence electrons.